The van der Waals surface area contributed by atoms with E-state index in [9.17, 15) is 4.79 Å². The first kappa shape index (κ1) is 16.6. The van der Waals surface area contributed by atoms with Crippen LogP contribution < -0.4 is 4.90 Å². The lowest BCUT2D eigenvalue weighted by molar-refractivity contribution is -0.144. The lowest BCUT2D eigenvalue weighted by Gasteiger charge is -2.36. The summed E-state index contributed by atoms with van der Waals surface area (Å²) in [5.41, 5.74) is 0.810. The molecule has 1 atom stereocenters. The zero-order chi connectivity index (χ0) is 17.4. The van der Waals surface area contributed by atoms with Crippen molar-refractivity contribution in [3.8, 4) is 0 Å². The Labute approximate surface area is 150 Å². The van der Waals surface area contributed by atoms with Crippen molar-refractivity contribution in [1.82, 2.24) is 24.6 Å². The van der Waals surface area contributed by atoms with Crippen LogP contribution >= 0.6 is 11.8 Å². The van der Waals surface area contributed by atoms with E-state index in [1.807, 2.05) is 30.6 Å². The van der Waals surface area contributed by atoms with Crippen LogP contribution in [0.15, 0.2) is 6.20 Å². The van der Waals surface area contributed by atoms with Crippen LogP contribution in [-0.2, 0) is 16.6 Å². The zero-order valence-electron chi connectivity index (χ0n) is 14.5. The number of ether oxygens (including phenoxy) is 1. The van der Waals surface area contributed by atoms with Gasteiger partial charge in [-0.2, -0.15) is 16.9 Å². The minimum absolute atomic E-state index is 0.0956. The number of rotatable bonds is 2. The number of morpholine rings is 1. The second kappa shape index (κ2) is 6.80. The fourth-order valence-corrected chi connectivity index (χ4v) is 4.24. The van der Waals surface area contributed by atoms with Gasteiger partial charge in [-0.25, -0.2) is 9.97 Å². The van der Waals surface area contributed by atoms with E-state index in [0.29, 0.717) is 25.5 Å². The first-order valence-electron chi connectivity index (χ1n) is 8.53. The third kappa shape index (κ3) is 3.18. The Morgan fingerprint density at radius 3 is 2.88 bits per heavy atom. The van der Waals surface area contributed by atoms with E-state index in [0.717, 1.165) is 41.4 Å². The summed E-state index contributed by atoms with van der Waals surface area (Å²) < 4.78 is 7.54. The van der Waals surface area contributed by atoms with Gasteiger partial charge in [0.05, 0.1) is 24.7 Å². The topological polar surface area (TPSA) is 76.4 Å². The minimum atomic E-state index is -0.432. The molecule has 8 nitrogen and oxygen atoms in total. The third-order valence-electron chi connectivity index (χ3n) is 4.65. The molecule has 0 bridgehead atoms. The van der Waals surface area contributed by atoms with E-state index in [4.69, 9.17) is 4.74 Å². The van der Waals surface area contributed by atoms with Gasteiger partial charge in [0, 0.05) is 38.2 Å². The van der Waals surface area contributed by atoms with E-state index in [1.165, 1.54) is 0 Å². The molecule has 2 aliphatic rings. The molecule has 0 N–H and O–H groups in total. The molecule has 0 aliphatic carbocycles. The summed E-state index contributed by atoms with van der Waals surface area (Å²) in [4.78, 5) is 25.9. The number of aryl methyl sites for hydroxylation is 2. The van der Waals surface area contributed by atoms with E-state index in [1.54, 1.807) is 10.9 Å². The number of carbonyl (C=O) groups is 1. The largest absolute Gasteiger partial charge is 0.365 e. The van der Waals surface area contributed by atoms with Crippen molar-refractivity contribution >= 4 is 34.5 Å². The number of carbonyl (C=O) groups excluding carboxylic acids is 1. The second-order valence-corrected chi connectivity index (χ2v) is 7.57. The summed E-state index contributed by atoms with van der Waals surface area (Å²) in [6, 6.07) is 0. The number of hydrogen-bond acceptors (Lipinski definition) is 7. The van der Waals surface area contributed by atoms with Crippen LogP contribution in [0.2, 0.25) is 0 Å². The summed E-state index contributed by atoms with van der Waals surface area (Å²) in [6.45, 7) is 5.24. The maximum absolute atomic E-state index is 12.8. The maximum atomic E-state index is 12.8. The number of fused-ring (bicyclic) bond motifs is 1. The van der Waals surface area contributed by atoms with Crippen LogP contribution in [-0.4, -0.2) is 81.0 Å². The lowest BCUT2D eigenvalue weighted by Crippen LogP contribution is -2.53. The Bertz CT molecular complexity index is 788. The Balaban J connectivity index is 1.58. The van der Waals surface area contributed by atoms with Gasteiger partial charge in [-0.15, -0.1) is 0 Å². The smallest absolute Gasteiger partial charge is 0.253 e. The standard InChI is InChI=1S/C16H22N6O2S/c1-11-18-14-12(9-17-20(14)2)15(19-11)22-3-6-24-13(10-22)16(23)21-4-7-25-8-5-21/h9,13H,3-8,10H2,1-2H3. The molecule has 0 aromatic carbocycles. The second-order valence-electron chi connectivity index (χ2n) is 6.34. The van der Waals surface area contributed by atoms with Crippen molar-refractivity contribution in [1.29, 1.82) is 0 Å². The van der Waals surface area contributed by atoms with Crippen molar-refractivity contribution < 1.29 is 9.53 Å². The van der Waals surface area contributed by atoms with Crippen molar-refractivity contribution in [2.75, 3.05) is 49.2 Å². The van der Waals surface area contributed by atoms with Crippen LogP contribution in [0.4, 0.5) is 5.82 Å². The summed E-state index contributed by atoms with van der Waals surface area (Å²) in [5, 5.41) is 5.21. The van der Waals surface area contributed by atoms with E-state index < -0.39 is 6.10 Å². The van der Waals surface area contributed by atoms with E-state index >= 15 is 0 Å². The maximum Gasteiger partial charge on any atom is 0.253 e. The summed E-state index contributed by atoms with van der Waals surface area (Å²) in [7, 11) is 1.87. The van der Waals surface area contributed by atoms with Gasteiger partial charge < -0.3 is 14.5 Å². The quantitative estimate of drug-likeness (QED) is 0.768. The Morgan fingerprint density at radius 2 is 2.08 bits per heavy atom. The number of aromatic nitrogens is 4. The normalized spacial score (nSPS) is 21.8. The molecule has 2 aromatic rings. The van der Waals surface area contributed by atoms with Crippen molar-refractivity contribution in [3.05, 3.63) is 12.0 Å². The molecular weight excluding hydrogens is 340 g/mol. The van der Waals surface area contributed by atoms with Crippen LogP contribution in [0.1, 0.15) is 5.82 Å². The molecule has 0 radical (unpaired) electrons. The summed E-state index contributed by atoms with van der Waals surface area (Å²) in [5.74, 6) is 3.64. The number of amides is 1. The number of hydrogen-bond donors (Lipinski definition) is 0. The van der Waals surface area contributed by atoms with Crippen molar-refractivity contribution in [3.63, 3.8) is 0 Å². The summed E-state index contributed by atoms with van der Waals surface area (Å²) >= 11 is 1.89. The Morgan fingerprint density at radius 1 is 1.28 bits per heavy atom. The monoisotopic (exact) mass is 362 g/mol. The highest BCUT2D eigenvalue weighted by atomic mass is 32.2. The molecule has 0 saturated carbocycles. The molecule has 1 amide bonds. The van der Waals surface area contributed by atoms with Gasteiger partial charge in [-0.1, -0.05) is 0 Å². The molecule has 2 aromatic heterocycles. The van der Waals surface area contributed by atoms with E-state index in [-0.39, 0.29) is 5.91 Å². The number of anilines is 1. The third-order valence-corrected chi connectivity index (χ3v) is 5.59. The Kier molecular flexibility index (Phi) is 4.51. The Hall–Kier alpha value is -1.87. The van der Waals surface area contributed by atoms with Crippen LogP contribution in [0, 0.1) is 6.92 Å². The predicted octanol–water partition coefficient (Wildman–Crippen LogP) is 0.452. The first-order chi connectivity index (χ1) is 12.1. The molecule has 4 rings (SSSR count). The molecule has 2 fully saturated rings. The highest BCUT2D eigenvalue weighted by Crippen LogP contribution is 2.25. The molecule has 2 aliphatic heterocycles. The highest BCUT2D eigenvalue weighted by molar-refractivity contribution is 7.99. The predicted molar refractivity (Wildman–Crippen MR) is 96.9 cm³/mol. The number of thioether (sulfide) groups is 1. The first-order valence-corrected chi connectivity index (χ1v) is 9.68. The van der Waals surface area contributed by atoms with E-state index in [2.05, 4.69) is 20.0 Å². The molecule has 1 unspecified atom stereocenters. The molecule has 0 spiro atoms. The molecule has 4 heterocycles. The molecular formula is C16H22N6O2S. The molecule has 134 valence electrons. The van der Waals surface area contributed by atoms with Crippen LogP contribution in [0.25, 0.3) is 11.0 Å². The number of nitrogens with zero attached hydrogens (tertiary/aromatic N) is 6. The molecule has 2 saturated heterocycles. The van der Waals surface area contributed by atoms with Crippen LogP contribution in [0.5, 0.6) is 0 Å². The summed E-state index contributed by atoms with van der Waals surface area (Å²) in [6.07, 6.45) is 1.36. The van der Waals surface area contributed by atoms with Gasteiger partial charge in [0.25, 0.3) is 5.91 Å². The minimum Gasteiger partial charge on any atom is -0.365 e. The van der Waals surface area contributed by atoms with Crippen molar-refractivity contribution in [2.24, 2.45) is 7.05 Å². The average Bonchev–Trinajstić information content (AvgIpc) is 3.02. The fraction of sp³-hybridized carbons (Fsp3) is 0.625. The van der Waals surface area contributed by atoms with Gasteiger partial charge in [0.1, 0.15) is 11.6 Å². The SMILES string of the molecule is Cc1nc(N2CCOC(C(=O)N3CCSCC3)C2)c2cnn(C)c2n1. The van der Waals surface area contributed by atoms with Crippen molar-refractivity contribution in [2.45, 2.75) is 13.0 Å². The molecule has 9 heteroatoms. The lowest BCUT2D eigenvalue weighted by atomic mass is 10.2. The van der Waals surface area contributed by atoms with Gasteiger partial charge in [-0.05, 0) is 6.92 Å². The van der Waals surface area contributed by atoms with Gasteiger partial charge in [0.15, 0.2) is 11.8 Å². The zero-order valence-corrected chi connectivity index (χ0v) is 15.3. The van der Waals surface area contributed by atoms with Gasteiger partial charge in [0.2, 0.25) is 0 Å². The van der Waals surface area contributed by atoms with Gasteiger partial charge in [-0.3, -0.25) is 9.48 Å². The van der Waals surface area contributed by atoms with Crippen LogP contribution in [0.3, 0.4) is 0 Å². The molecule has 25 heavy (non-hydrogen) atoms. The fourth-order valence-electron chi connectivity index (χ4n) is 3.33. The average molecular weight is 362 g/mol. The van der Waals surface area contributed by atoms with Gasteiger partial charge >= 0.3 is 0 Å². The highest BCUT2D eigenvalue weighted by Gasteiger charge is 2.32.